The molecule has 3 heteroatoms. The number of rotatable bonds is 4. The fourth-order valence-corrected chi connectivity index (χ4v) is 1.27. The zero-order valence-electron chi connectivity index (χ0n) is 8.07. The molecule has 14 heavy (non-hydrogen) atoms. The average Bonchev–Trinajstić information content (AvgIpc) is 2.97. The smallest absolute Gasteiger partial charge is 0.123 e. The van der Waals surface area contributed by atoms with Gasteiger partial charge >= 0.3 is 0 Å². The summed E-state index contributed by atoms with van der Waals surface area (Å²) in [6, 6.07) is 6.48. The lowest BCUT2D eigenvalue weighted by Crippen LogP contribution is -2.06. The summed E-state index contributed by atoms with van der Waals surface area (Å²) < 4.78 is 23.4. The van der Waals surface area contributed by atoms with E-state index in [0.29, 0.717) is 6.61 Å². The summed E-state index contributed by atoms with van der Waals surface area (Å²) in [5.74, 6) is -0.222. The molecule has 1 aliphatic rings. The van der Waals surface area contributed by atoms with Gasteiger partial charge in [-0.15, -0.1) is 0 Å². The van der Waals surface area contributed by atoms with Gasteiger partial charge in [-0.2, -0.15) is 0 Å². The maximum Gasteiger partial charge on any atom is 0.123 e. The molecule has 0 bridgehead atoms. The summed E-state index contributed by atoms with van der Waals surface area (Å²) in [4.78, 5) is 0. The molecule has 2 nitrogen and oxygen atoms in total. The van der Waals surface area contributed by atoms with Gasteiger partial charge in [0.15, 0.2) is 0 Å². The number of benzene rings is 1. The third-order valence-electron chi connectivity index (χ3n) is 2.25. The maximum atomic E-state index is 12.9. The Balaban J connectivity index is 1.91. The Kier molecular flexibility index (Phi) is 2.79. The Morgan fingerprint density at radius 3 is 3.07 bits per heavy atom. The van der Waals surface area contributed by atoms with Crippen molar-refractivity contribution in [1.82, 2.24) is 0 Å². The van der Waals surface area contributed by atoms with E-state index in [1.807, 2.05) is 13.0 Å². The van der Waals surface area contributed by atoms with E-state index in [-0.39, 0.29) is 18.0 Å². The third kappa shape index (κ3) is 2.53. The van der Waals surface area contributed by atoms with E-state index in [2.05, 4.69) is 0 Å². The lowest BCUT2D eigenvalue weighted by Gasteiger charge is -2.12. The largest absolute Gasteiger partial charge is 0.371 e. The second-order valence-electron chi connectivity index (χ2n) is 3.49. The zero-order valence-corrected chi connectivity index (χ0v) is 8.07. The second kappa shape index (κ2) is 4.07. The first kappa shape index (κ1) is 9.62. The van der Waals surface area contributed by atoms with Gasteiger partial charge < -0.3 is 9.47 Å². The molecule has 0 aliphatic carbocycles. The zero-order chi connectivity index (χ0) is 9.97. The van der Waals surface area contributed by atoms with Crippen LogP contribution in [0.3, 0.4) is 0 Å². The van der Waals surface area contributed by atoms with Crippen LogP contribution >= 0.6 is 0 Å². The fourth-order valence-electron chi connectivity index (χ4n) is 1.27. The topological polar surface area (TPSA) is 21.8 Å². The normalized spacial score (nSPS) is 22.0. The van der Waals surface area contributed by atoms with Crippen LogP contribution in [0.25, 0.3) is 0 Å². The Labute approximate surface area is 82.6 Å². The fraction of sp³-hybridized carbons (Fsp3) is 0.455. The molecule has 1 heterocycles. The van der Waals surface area contributed by atoms with Crippen LogP contribution in [-0.4, -0.2) is 19.3 Å². The van der Waals surface area contributed by atoms with E-state index in [1.54, 1.807) is 6.07 Å². The van der Waals surface area contributed by atoms with E-state index < -0.39 is 0 Å². The summed E-state index contributed by atoms with van der Waals surface area (Å²) >= 11 is 0. The van der Waals surface area contributed by atoms with E-state index >= 15 is 0 Å². The van der Waals surface area contributed by atoms with Gasteiger partial charge in [0.25, 0.3) is 0 Å². The summed E-state index contributed by atoms with van der Waals surface area (Å²) in [6.45, 7) is 3.30. The molecular formula is C11H13FO2. The van der Waals surface area contributed by atoms with Gasteiger partial charge in [0.05, 0.1) is 19.3 Å². The molecule has 76 valence electrons. The number of hydrogen-bond donors (Lipinski definition) is 0. The number of halogens is 1. The summed E-state index contributed by atoms with van der Waals surface area (Å²) in [5, 5.41) is 0. The Morgan fingerprint density at radius 1 is 1.64 bits per heavy atom. The number of hydrogen-bond acceptors (Lipinski definition) is 2. The lowest BCUT2D eigenvalue weighted by molar-refractivity contribution is 0.0538. The molecule has 1 aromatic rings. The minimum absolute atomic E-state index is 0.0742. The van der Waals surface area contributed by atoms with Crippen molar-refractivity contribution in [2.45, 2.75) is 19.1 Å². The summed E-state index contributed by atoms with van der Waals surface area (Å²) in [6.07, 6.45) is 0.181. The molecule has 2 rings (SSSR count). The predicted octanol–water partition coefficient (Wildman–Crippen LogP) is 2.30. The van der Waals surface area contributed by atoms with Crippen LogP contribution in [0, 0.1) is 5.82 Å². The van der Waals surface area contributed by atoms with Gasteiger partial charge in [-0.05, 0) is 24.6 Å². The monoisotopic (exact) mass is 196 g/mol. The van der Waals surface area contributed by atoms with Crippen molar-refractivity contribution in [3.63, 3.8) is 0 Å². The van der Waals surface area contributed by atoms with Crippen LogP contribution in [0.2, 0.25) is 0 Å². The van der Waals surface area contributed by atoms with Crippen molar-refractivity contribution >= 4 is 0 Å². The first-order chi connectivity index (χ1) is 6.75. The highest BCUT2D eigenvalue weighted by atomic mass is 19.1. The highest BCUT2D eigenvalue weighted by Gasteiger charge is 2.23. The maximum absolute atomic E-state index is 12.9. The van der Waals surface area contributed by atoms with Gasteiger partial charge in [0.2, 0.25) is 0 Å². The lowest BCUT2D eigenvalue weighted by atomic mass is 10.1. The Hall–Kier alpha value is -0.930. The highest BCUT2D eigenvalue weighted by Crippen LogP contribution is 2.19. The molecule has 1 saturated heterocycles. The van der Waals surface area contributed by atoms with Crippen molar-refractivity contribution in [3.8, 4) is 0 Å². The van der Waals surface area contributed by atoms with Crippen molar-refractivity contribution < 1.29 is 13.9 Å². The predicted molar refractivity (Wildman–Crippen MR) is 50.5 cm³/mol. The quantitative estimate of drug-likeness (QED) is 0.689. The van der Waals surface area contributed by atoms with Crippen molar-refractivity contribution in [2.24, 2.45) is 0 Å². The molecule has 1 aromatic carbocycles. The molecule has 1 aliphatic heterocycles. The summed E-state index contributed by atoms with van der Waals surface area (Å²) in [7, 11) is 0. The van der Waals surface area contributed by atoms with Gasteiger partial charge in [0.1, 0.15) is 11.9 Å². The van der Waals surface area contributed by atoms with Gasteiger partial charge in [0, 0.05) is 0 Å². The Morgan fingerprint density at radius 2 is 2.43 bits per heavy atom. The average molecular weight is 196 g/mol. The molecule has 0 N–H and O–H groups in total. The molecule has 0 saturated carbocycles. The Bertz CT molecular complexity index is 310. The van der Waals surface area contributed by atoms with Crippen molar-refractivity contribution in [1.29, 1.82) is 0 Å². The first-order valence-electron chi connectivity index (χ1n) is 4.74. The third-order valence-corrected chi connectivity index (χ3v) is 2.25. The molecule has 0 spiro atoms. The number of ether oxygens (including phenoxy) is 2. The van der Waals surface area contributed by atoms with Crippen LogP contribution in [0.4, 0.5) is 4.39 Å². The minimum Gasteiger partial charge on any atom is -0.371 e. The SMILES string of the molecule is C[C@@H](OC[C@@H]1CO1)c1cccc(F)c1. The van der Waals surface area contributed by atoms with Crippen LogP contribution < -0.4 is 0 Å². The van der Waals surface area contributed by atoms with E-state index in [1.165, 1.54) is 12.1 Å². The van der Waals surface area contributed by atoms with Crippen LogP contribution in [0.1, 0.15) is 18.6 Å². The minimum atomic E-state index is -0.222. The molecule has 2 atom stereocenters. The molecule has 1 fully saturated rings. The van der Waals surface area contributed by atoms with E-state index in [9.17, 15) is 4.39 Å². The molecule has 0 aromatic heterocycles. The summed E-state index contributed by atoms with van der Waals surface area (Å²) in [5.41, 5.74) is 0.866. The molecule has 0 amide bonds. The van der Waals surface area contributed by atoms with Gasteiger partial charge in [-0.3, -0.25) is 0 Å². The molecule has 0 unspecified atom stereocenters. The molecule has 0 radical (unpaired) electrons. The van der Waals surface area contributed by atoms with Gasteiger partial charge in [-0.1, -0.05) is 12.1 Å². The standard InChI is InChI=1S/C11H13FO2/c1-8(13-6-11-7-14-11)9-3-2-4-10(12)5-9/h2-5,8,11H,6-7H2,1H3/t8-,11-/m1/s1. The van der Waals surface area contributed by atoms with Crippen molar-refractivity contribution in [3.05, 3.63) is 35.6 Å². The first-order valence-corrected chi connectivity index (χ1v) is 4.74. The van der Waals surface area contributed by atoms with Crippen LogP contribution in [-0.2, 0) is 9.47 Å². The van der Waals surface area contributed by atoms with Crippen LogP contribution in [0.5, 0.6) is 0 Å². The van der Waals surface area contributed by atoms with E-state index in [0.717, 1.165) is 12.2 Å². The number of epoxide rings is 1. The van der Waals surface area contributed by atoms with E-state index in [4.69, 9.17) is 9.47 Å². The second-order valence-corrected chi connectivity index (χ2v) is 3.49. The van der Waals surface area contributed by atoms with Crippen molar-refractivity contribution in [2.75, 3.05) is 13.2 Å². The van der Waals surface area contributed by atoms with Gasteiger partial charge in [-0.25, -0.2) is 4.39 Å². The van der Waals surface area contributed by atoms with Crippen LogP contribution in [0.15, 0.2) is 24.3 Å². The highest BCUT2D eigenvalue weighted by molar-refractivity contribution is 5.18. The molecular weight excluding hydrogens is 183 g/mol.